The summed E-state index contributed by atoms with van der Waals surface area (Å²) in [6, 6.07) is 5.97. The number of nitrogens with zero attached hydrogens (tertiary/aromatic N) is 1. The Balaban J connectivity index is 1.97. The Labute approximate surface area is 134 Å². The monoisotopic (exact) mass is 352 g/mol. The molecule has 0 bridgehead atoms. The Morgan fingerprint density at radius 1 is 1.33 bits per heavy atom. The second-order valence-corrected chi connectivity index (χ2v) is 6.36. The minimum atomic E-state index is 0.0778. The maximum Gasteiger partial charge on any atom is 0.254 e. The van der Waals surface area contributed by atoms with Crippen molar-refractivity contribution in [2.24, 2.45) is 0 Å². The van der Waals surface area contributed by atoms with Gasteiger partial charge >= 0.3 is 0 Å². The molecule has 0 unspecified atom stereocenters. The van der Waals surface area contributed by atoms with Crippen LogP contribution in [0, 0.1) is 6.92 Å². The van der Waals surface area contributed by atoms with E-state index in [0.717, 1.165) is 28.4 Å². The van der Waals surface area contributed by atoms with Gasteiger partial charge in [-0.1, -0.05) is 28.9 Å². The summed E-state index contributed by atoms with van der Waals surface area (Å²) in [5.74, 6) is 0.164. The number of hydrogen-bond acceptors (Lipinski definition) is 2. The van der Waals surface area contributed by atoms with Gasteiger partial charge in [-0.2, -0.15) is 0 Å². The third-order valence-electron chi connectivity index (χ3n) is 3.90. The minimum Gasteiger partial charge on any atom is -0.353 e. The second-order valence-electron chi connectivity index (χ2n) is 5.45. The van der Waals surface area contributed by atoms with Gasteiger partial charge < -0.3 is 10.2 Å². The highest BCUT2D eigenvalue weighted by molar-refractivity contribution is 9.10. The largest absolute Gasteiger partial charge is 0.353 e. The highest BCUT2D eigenvalue weighted by atomic mass is 79.9. The van der Waals surface area contributed by atoms with Gasteiger partial charge in [0, 0.05) is 35.6 Å². The summed E-state index contributed by atoms with van der Waals surface area (Å²) in [6.45, 7) is 5.19. The molecule has 1 fully saturated rings. The lowest BCUT2D eigenvalue weighted by Gasteiger charge is -2.32. The number of nitrogens with one attached hydrogen (secondary N) is 1. The molecule has 1 saturated heterocycles. The van der Waals surface area contributed by atoms with Crippen molar-refractivity contribution in [2.75, 3.05) is 13.1 Å². The zero-order chi connectivity index (χ0) is 15.4. The van der Waals surface area contributed by atoms with E-state index in [0.29, 0.717) is 19.5 Å². The highest BCUT2D eigenvalue weighted by Gasteiger charge is 2.25. The standard InChI is InChI=1S/C16H21BrN2O2/c1-3-15(20)18-13-6-8-19(9-7-13)16(21)14-10-12(17)5-4-11(14)2/h4-5,10,13H,3,6-9H2,1-2H3,(H,18,20). The van der Waals surface area contributed by atoms with Crippen molar-refractivity contribution in [1.29, 1.82) is 0 Å². The first-order chi connectivity index (χ1) is 10.0. The molecule has 2 rings (SSSR count). The van der Waals surface area contributed by atoms with E-state index in [1.54, 1.807) is 0 Å². The molecule has 0 saturated carbocycles. The first-order valence-corrected chi connectivity index (χ1v) is 8.15. The fourth-order valence-electron chi connectivity index (χ4n) is 2.55. The molecule has 1 aromatic carbocycles. The molecule has 1 aliphatic heterocycles. The van der Waals surface area contributed by atoms with Gasteiger partial charge in [-0.3, -0.25) is 9.59 Å². The normalized spacial score (nSPS) is 15.9. The topological polar surface area (TPSA) is 49.4 Å². The van der Waals surface area contributed by atoms with Gasteiger partial charge in [-0.15, -0.1) is 0 Å². The van der Waals surface area contributed by atoms with Gasteiger partial charge in [0.15, 0.2) is 0 Å². The van der Waals surface area contributed by atoms with Crippen LogP contribution in [0.15, 0.2) is 22.7 Å². The van der Waals surface area contributed by atoms with Crippen molar-refractivity contribution < 1.29 is 9.59 Å². The van der Waals surface area contributed by atoms with Crippen molar-refractivity contribution in [2.45, 2.75) is 39.2 Å². The second kappa shape index (κ2) is 7.07. The fraction of sp³-hybridized carbons (Fsp3) is 0.500. The quantitative estimate of drug-likeness (QED) is 0.909. The molecule has 0 spiro atoms. The van der Waals surface area contributed by atoms with Crippen LogP contribution in [0.25, 0.3) is 0 Å². The van der Waals surface area contributed by atoms with E-state index < -0.39 is 0 Å². The highest BCUT2D eigenvalue weighted by Crippen LogP contribution is 2.20. The predicted octanol–water partition coefficient (Wildman–Crippen LogP) is 2.89. The zero-order valence-electron chi connectivity index (χ0n) is 12.5. The van der Waals surface area contributed by atoms with E-state index in [-0.39, 0.29) is 17.9 Å². The summed E-state index contributed by atoms with van der Waals surface area (Å²) >= 11 is 3.41. The predicted molar refractivity (Wildman–Crippen MR) is 86.2 cm³/mol. The number of amides is 2. The lowest BCUT2D eigenvalue weighted by Crippen LogP contribution is -2.46. The summed E-state index contributed by atoms with van der Waals surface area (Å²) in [7, 11) is 0. The van der Waals surface area contributed by atoms with Gasteiger partial charge in [0.1, 0.15) is 0 Å². The Morgan fingerprint density at radius 2 is 2.00 bits per heavy atom. The molecule has 2 amide bonds. The van der Waals surface area contributed by atoms with Crippen molar-refractivity contribution in [3.8, 4) is 0 Å². The number of carbonyl (C=O) groups is 2. The molecule has 1 heterocycles. The number of carbonyl (C=O) groups excluding carboxylic acids is 2. The molecule has 0 atom stereocenters. The third-order valence-corrected chi connectivity index (χ3v) is 4.39. The van der Waals surface area contributed by atoms with E-state index in [4.69, 9.17) is 0 Å². The van der Waals surface area contributed by atoms with Crippen LogP contribution in [0.2, 0.25) is 0 Å². The number of piperidine rings is 1. The van der Waals surface area contributed by atoms with Gasteiger partial charge in [0.2, 0.25) is 5.91 Å². The zero-order valence-corrected chi connectivity index (χ0v) is 14.1. The summed E-state index contributed by atoms with van der Waals surface area (Å²) in [5, 5.41) is 3.00. The number of hydrogen-bond donors (Lipinski definition) is 1. The molecule has 5 heteroatoms. The number of benzene rings is 1. The minimum absolute atomic E-state index is 0.0778. The Kier molecular flexibility index (Phi) is 5.39. The third kappa shape index (κ3) is 4.06. The van der Waals surface area contributed by atoms with Crippen LogP contribution >= 0.6 is 15.9 Å². The molecule has 4 nitrogen and oxygen atoms in total. The Hall–Kier alpha value is -1.36. The molecular weight excluding hydrogens is 332 g/mol. The van der Waals surface area contributed by atoms with E-state index >= 15 is 0 Å². The average Bonchev–Trinajstić information content (AvgIpc) is 2.49. The smallest absolute Gasteiger partial charge is 0.254 e. The number of rotatable bonds is 3. The van der Waals surface area contributed by atoms with Crippen LogP contribution in [0.5, 0.6) is 0 Å². The summed E-state index contributed by atoms with van der Waals surface area (Å²) in [5.41, 5.74) is 1.74. The van der Waals surface area contributed by atoms with Gasteiger partial charge in [0.05, 0.1) is 0 Å². The molecule has 21 heavy (non-hydrogen) atoms. The summed E-state index contributed by atoms with van der Waals surface area (Å²) < 4.78 is 0.918. The molecule has 0 aromatic heterocycles. The van der Waals surface area contributed by atoms with E-state index in [1.807, 2.05) is 36.9 Å². The van der Waals surface area contributed by atoms with Crippen LogP contribution in [-0.2, 0) is 4.79 Å². The Morgan fingerprint density at radius 3 is 2.62 bits per heavy atom. The fourth-order valence-corrected chi connectivity index (χ4v) is 2.91. The number of halogens is 1. The molecule has 1 aliphatic rings. The first-order valence-electron chi connectivity index (χ1n) is 7.36. The maximum absolute atomic E-state index is 12.6. The molecular formula is C16H21BrN2O2. The average molecular weight is 353 g/mol. The van der Waals surface area contributed by atoms with E-state index in [9.17, 15) is 9.59 Å². The van der Waals surface area contributed by atoms with E-state index in [2.05, 4.69) is 21.2 Å². The van der Waals surface area contributed by atoms with Crippen LogP contribution < -0.4 is 5.32 Å². The van der Waals surface area contributed by atoms with Gasteiger partial charge in [-0.25, -0.2) is 0 Å². The SMILES string of the molecule is CCC(=O)NC1CCN(C(=O)c2cc(Br)ccc2C)CC1. The molecule has 114 valence electrons. The molecule has 0 radical (unpaired) electrons. The lowest BCUT2D eigenvalue weighted by molar-refractivity contribution is -0.121. The Bertz CT molecular complexity index is 537. The first kappa shape index (κ1) is 16.0. The maximum atomic E-state index is 12.6. The van der Waals surface area contributed by atoms with Crippen LogP contribution in [0.1, 0.15) is 42.1 Å². The van der Waals surface area contributed by atoms with Gasteiger partial charge in [0.25, 0.3) is 5.91 Å². The van der Waals surface area contributed by atoms with Crippen molar-refractivity contribution in [1.82, 2.24) is 10.2 Å². The van der Waals surface area contributed by atoms with Crippen LogP contribution in [-0.4, -0.2) is 35.8 Å². The van der Waals surface area contributed by atoms with E-state index in [1.165, 1.54) is 0 Å². The van der Waals surface area contributed by atoms with Crippen LogP contribution in [0.4, 0.5) is 0 Å². The summed E-state index contributed by atoms with van der Waals surface area (Å²) in [6.07, 6.45) is 2.16. The molecule has 1 aromatic rings. The molecule has 0 aliphatic carbocycles. The number of likely N-dealkylation sites (tertiary alicyclic amines) is 1. The number of aryl methyl sites for hydroxylation is 1. The van der Waals surface area contributed by atoms with Crippen LogP contribution in [0.3, 0.4) is 0 Å². The van der Waals surface area contributed by atoms with Crippen molar-refractivity contribution >= 4 is 27.7 Å². The molecule has 1 N–H and O–H groups in total. The van der Waals surface area contributed by atoms with Crippen molar-refractivity contribution in [3.05, 3.63) is 33.8 Å². The summed E-state index contributed by atoms with van der Waals surface area (Å²) in [4.78, 5) is 25.9. The lowest BCUT2D eigenvalue weighted by atomic mass is 10.0. The van der Waals surface area contributed by atoms with Crippen molar-refractivity contribution in [3.63, 3.8) is 0 Å². The van der Waals surface area contributed by atoms with Gasteiger partial charge in [-0.05, 0) is 37.5 Å².